The van der Waals surface area contributed by atoms with Crippen LogP contribution in [0.2, 0.25) is 0 Å². The number of hydrogen-bond donors (Lipinski definition) is 1. The lowest BCUT2D eigenvalue weighted by atomic mass is 9.86. The molecular formula is C24H27FN2O4S. The highest BCUT2D eigenvalue weighted by Crippen LogP contribution is 2.59. The smallest absolute Gasteiger partial charge is 0.252 e. The summed E-state index contributed by atoms with van der Waals surface area (Å²) in [5.74, 6) is -0.977. The van der Waals surface area contributed by atoms with E-state index in [2.05, 4.69) is 0 Å². The molecule has 5 rings (SSSR count). The number of nitrogens with zero attached hydrogens (tertiary/aromatic N) is 1. The normalized spacial score (nSPS) is 26.2. The molecule has 0 unspecified atom stereocenters. The second-order valence-corrected chi connectivity index (χ2v) is 11.0. The van der Waals surface area contributed by atoms with Crippen LogP contribution in [0.3, 0.4) is 0 Å². The van der Waals surface area contributed by atoms with Crippen molar-refractivity contribution >= 4 is 15.9 Å². The topological polar surface area (TPSA) is 89.7 Å². The molecule has 2 N–H and O–H groups in total. The fourth-order valence-corrected chi connectivity index (χ4v) is 6.42. The predicted octanol–water partition coefficient (Wildman–Crippen LogP) is 2.72. The van der Waals surface area contributed by atoms with Crippen LogP contribution in [0.5, 0.6) is 0 Å². The van der Waals surface area contributed by atoms with Crippen LogP contribution < -0.4 is 5.14 Å². The standard InChI is InChI=1S/C24H27FN2O4S/c25-22-17(7-4-8-18(22)16-5-2-1-3-6-16)13-20-19(14-32(26,29)30)24(10-11-24)15-27(20)23(28)21-9-12-31-21/h1-8,19-21H,9-15H2,(H2,26,29,30)/t19-,20+,21-/m1/s1. The van der Waals surface area contributed by atoms with Crippen molar-refractivity contribution in [3.63, 3.8) is 0 Å². The minimum absolute atomic E-state index is 0.121. The fraction of sp³-hybridized carbons (Fsp3) is 0.458. The van der Waals surface area contributed by atoms with E-state index in [4.69, 9.17) is 9.88 Å². The van der Waals surface area contributed by atoms with Gasteiger partial charge in [0.2, 0.25) is 10.0 Å². The Balaban J connectivity index is 1.50. The van der Waals surface area contributed by atoms with E-state index in [1.807, 2.05) is 30.3 Å². The summed E-state index contributed by atoms with van der Waals surface area (Å²) in [5.41, 5.74) is 1.49. The van der Waals surface area contributed by atoms with Crippen molar-refractivity contribution in [2.45, 2.75) is 37.8 Å². The highest BCUT2D eigenvalue weighted by Gasteiger charge is 2.61. The van der Waals surface area contributed by atoms with Crippen LogP contribution in [0.25, 0.3) is 11.1 Å². The highest BCUT2D eigenvalue weighted by atomic mass is 32.2. The van der Waals surface area contributed by atoms with Gasteiger partial charge in [0.15, 0.2) is 0 Å². The van der Waals surface area contributed by atoms with Gasteiger partial charge in [-0.15, -0.1) is 0 Å². The minimum atomic E-state index is -3.75. The van der Waals surface area contributed by atoms with Crippen LogP contribution in [-0.4, -0.2) is 50.3 Å². The number of primary sulfonamides is 1. The van der Waals surface area contributed by atoms with Crippen LogP contribution in [0.1, 0.15) is 24.8 Å². The van der Waals surface area contributed by atoms with Gasteiger partial charge in [-0.2, -0.15) is 0 Å². The molecule has 3 atom stereocenters. The lowest BCUT2D eigenvalue weighted by Crippen LogP contribution is -2.49. The molecule has 32 heavy (non-hydrogen) atoms. The van der Waals surface area contributed by atoms with Gasteiger partial charge in [-0.3, -0.25) is 4.79 Å². The van der Waals surface area contributed by atoms with Crippen molar-refractivity contribution in [3.8, 4) is 11.1 Å². The number of halogens is 1. The van der Waals surface area contributed by atoms with Gasteiger partial charge in [0, 0.05) is 30.5 Å². The molecule has 3 fully saturated rings. The zero-order chi connectivity index (χ0) is 22.5. The molecule has 0 aromatic heterocycles. The lowest BCUT2D eigenvalue weighted by Gasteiger charge is -2.34. The summed E-state index contributed by atoms with van der Waals surface area (Å²) in [4.78, 5) is 14.9. The molecule has 1 spiro atoms. The maximum absolute atomic E-state index is 15.6. The minimum Gasteiger partial charge on any atom is -0.368 e. The molecule has 0 radical (unpaired) electrons. The lowest BCUT2D eigenvalue weighted by molar-refractivity contribution is -0.157. The van der Waals surface area contributed by atoms with Crippen molar-refractivity contribution in [1.82, 2.24) is 4.90 Å². The molecule has 2 heterocycles. The number of carbonyl (C=O) groups excluding carboxylic acids is 1. The molecule has 3 aliphatic rings. The Morgan fingerprint density at radius 1 is 1.16 bits per heavy atom. The Kier molecular flexibility index (Phi) is 5.34. The van der Waals surface area contributed by atoms with E-state index < -0.39 is 22.2 Å². The molecule has 1 aliphatic carbocycles. The van der Waals surface area contributed by atoms with Gasteiger partial charge < -0.3 is 9.64 Å². The van der Waals surface area contributed by atoms with Crippen LogP contribution in [0, 0.1) is 17.2 Å². The molecule has 1 saturated carbocycles. The number of carbonyl (C=O) groups is 1. The number of ether oxygens (including phenoxy) is 1. The van der Waals surface area contributed by atoms with E-state index >= 15 is 4.39 Å². The van der Waals surface area contributed by atoms with Crippen molar-refractivity contribution in [2.75, 3.05) is 18.9 Å². The van der Waals surface area contributed by atoms with Gasteiger partial charge in [-0.05, 0) is 35.8 Å². The number of benzene rings is 2. The largest absolute Gasteiger partial charge is 0.368 e. The van der Waals surface area contributed by atoms with E-state index in [1.54, 1.807) is 23.1 Å². The molecule has 8 heteroatoms. The Morgan fingerprint density at radius 3 is 2.47 bits per heavy atom. The number of sulfonamides is 1. The van der Waals surface area contributed by atoms with Gasteiger partial charge in [0.25, 0.3) is 5.91 Å². The average Bonchev–Trinajstić information content (AvgIpc) is 3.43. The monoisotopic (exact) mass is 458 g/mol. The Labute approximate surface area is 187 Å². The van der Waals surface area contributed by atoms with Crippen molar-refractivity contribution in [1.29, 1.82) is 0 Å². The van der Waals surface area contributed by atoms with E-state index in [0.29, 0.717) is 30.7 Å². The van der Waals surface area contributed by atoms with E-state index in [-0.39, 0.29) is 35.2 Å². The zero-order valence-electron chi connectivity index (χ0n) is 17.7. The van der Waals surface area contributed by atoms with E-state index in [9.17, 15) is 13.2 Å². The predicted molar refractivity (Wildman–Crippen MR) is 119 cm³/mol. The Hall–Kier alpha value is -2.29. The molecular weight excluding hydrogens is 431 g/mol. The number of nitrogens with two attached hydrogens (primary N) is 1. The van der Waals surface area contributed by atoms with Gasteiger partial charge in [0.1, 0.15) is 11.9 Å². The number of hydrogen-bond acceptors (Lipinski definition) is 4. The maximum atomic E-state index is 15.6. The van der Waals surface area contributed by atoms with Gasteiger partial charge in [0.05, 0.1) is 12.4 Å². The number of amides is 1. The molecule has 2 aromatic rings. The third-order valence-electron chi connectivity index (χ3n) is 7.29. The third-order valence-corrected chi connectivity index (χ3v) is 8.11. The van der Waals surface area contributed by atoms with Crippen LogP contribution in [0.15, 0.2) is 48.5 Å². The summed E-state index contributed by atoms with van der Waals surface area (Å²) in [5, 5.41) is 5.44. The molecule has 2 saturated heterocycles. The highest BCUT2D eigenvalue weighted by molar-refractivity contribution is 7.89. The second kappa shape index (κ2) is 7.93. The first-order valence-corrected chi connectivity index (χ1v) is 12.7. The summed E-state index contributed by atoms with van der Waals surface area (Å²) in [6, 6.07) is 14.1. The van der Waals surface area contributed by atoms with Gasteiger partial charge in [-0.1, -0.05) is 48.5 Å². The zero-order valence-corrected chi connectivity index (χ0v) is 18.6. The second-order valence-electron chi connectivity index (χ2n) is 9.33. The first-order valence-electron chi connectivity index (χ1n) is 11.0. The van der Waals surface area contributed by atoms with Crippen LogP contribution in [0.4, 0.5) is 4.39 Å². The number of rotatable bonds is 6. The average molecular weight is 459 g/mol. The molecule has 2 aromatic carbocycles. The van der Waals surface area contributed by atoms with E-state index in [0.717, 1.165) is 18.4 Å². The maximum Gasteiger partial charge on any atom is 0.252 e. The van der Waals surface area contributed by atoms with E-state index in [1.165, 1.54) is 0 Å². The third kappa shape index (κ3) is 3.95. The van der Waals surface area contributed by atoms with Gasteiger partial charge in [-0.25, -0.2) is 17.9 Å². The summed E-state index contributed by atoms with van der Waals surface area (Å²) in [6.45, 7) is 1.03. The molecule has 6 nitrogen and oxygen atoms in total. The SMILES string of the molecule is NS(=O)(=O)C[C@@H]1[C@H](Cc2cccc(-c3ccccc3)c2F)N(C(=O)[C@H]2CCO2)CC12CC2. The first-order chi connectivity index (χ1) is 15.3. The number of likely N-dealkylation sites (tertiary alicyclic amines) is 1. The molecule has 2 aliphatic heterocycles. The summed E-state index contributed by atoms with van der Waals surface area (Å²) >= 11 is 0. The Morgan fingerprint density at radius 2 is 1.88 bits per heavy atom. The summed E-state index contributed by atoms with van der Waals surface area (Å²) < 4.78 is 45.1. The first kappa shape index (κ1) is 21.6. The van der Waals surface area contributed by atoms with Crippen LogP contribution in [-0.2, 0) is 26.0 Å². The summed E-state index contributed by atoms with van der Waals surface area (Å²) in [6.07, 6.45) is 2.12. The van der Waals surface area contributed by atoms with Crippen molar-refractivity contribution in [2.24, 2.45) is 16.5 Å². The molecule has 170 valence electrons. The van der Waals surface area contributed by atoms with Crippen molar-refractivity contribution < 1.29 is 22.3 Å². The van der Waals surface area contributed by atoms with Crippen LogP contribution >= 0.6 is 0 Å². The molecule has 0 bridgehead atoms. The quantitative estimate of drug-likeness (QED) is 0.721. The van der Waals surface area contributed by atoms with Gasteiger partial charge >= 0.3 is 0 Å². The summed E-state index contributed by atoms with van der Waals surface area (Å²) in [7, 11) is -3.75. The Bertz CT molecular complexity index is 1130. The van der Waals surface area contributed by atoms with Crippen molar-refractivity contribution in [3.05, 3.63) is 59.9 Å². The fourth-order valence-electron chi connectivity index (χ4n) is 5.34. The molecule has 1 amide bonds.